The molecular formula is C24H29N3O3S. The molecule has 3 rings (SSSR count). The number of nitriles is 1. The molecule has 1 heterocycles. The van der Waals surface area contributed by atoms with Gasteiger partial charge in [-0.2, -0.15) is 5.26 Å². The normalized spacial score (nSPS) is 13.6. The van der Waals surface area contributed by atoms with Gasteiger partial charge in [0, 0.05) is 12.2 Å². The Morgan fingerprint density at radius 3 is 2.71 bits per heavy atom. The van der Waals surface area contributed by atoms with Crippen LogP contribution in [-0.2, 0) is 24.1 Å². The second-order valence-corrected chi connectivity index (χ2v) is 8.70. The zero-order chi connectivity index (χ0) is 22.2. The monoisotopic (exact) mass is 439 g/mol. The van der Waals surface area contributed by atoms with Gasteiger partial charge in [0.2, 0.25) is 5.91 Å². The molecule has 0 aliphatic heterocycles. The van der Waals surface area contributed by atoms with Gasteiger partial charge in [0.15, 0.2) is 11.5 Å². The van der Waals surface area contributed by atoms with Gasteiger partial charge in [-0.1, -0.05) is 24.8 Å². The lowest BCUT2D eigenvalue weighted by Crippen LogP contribution is -2.33. The van der Waals surface area contributed by atoms with Crippen LogP contribution in [0.3, 0.4) is 0 Å². The summed E-state index contributed by atoms with van der Waals surface area (Å²) < 4.78 is 10.6. The van der Waals surface area contributed by atoms with Gasteiger partial charge in [0.25, 0.3) is 0 Å². The van der Waals surface area contributed by atoms with Gasteiger partial charge >= 0.3 is 0 Å². The second-order valence-electron chi connectivity index (χ2n) is 7.51. The van der Waals surface area contributed by atoms with Crippen LogP contribution in [0.2, 0.25) is 0 Å². The lowest BCUT2D eigenvalue weighted by Gasteiger charge is -2.19. The highest BCUT2D eigenvalue weighted by Crippen LogP contribution is 2.31. The molecule has 7 heteroatoms. The van der Waals surface area contributed by atoms with Gasteiger partial charge in [-0.15, -0.1) is 0 Å². The predicted octanol–water partition coefficient (Wildman–Crippen LogP) is 4.08. The van der Waals surface area contributed by atoms with Crippen molar-refractivity contribution in [1.29, 1.82) is 5.26 Å². The molecule has 1 aromatic heterocycles. The zero-order valence-corrected chi connectivity index (χ0v) is 19.2. The number of pyridine rings is 1. The number of rotatable bonds is 9. The number of aromatic nitrogens is 1. The minimum atomic E-state index is -0.286. The number of thioether (sulfide) groups is 1. The highest BCUT2D eigenvalue weighted by atomic mass is 32.2. The Hall–Kier alpha value is -2.72. The maximum atomic E-state index is 12.8. The van der Waals surface area contributed by atoms with Crippen LogP contribution in [0.5, 0.6) is 11.5 Å². The molecule has 31 heavy (non-hydrogen) atoms. The fourth-order valence-electron chi connectivity index (χ4n) is 3.72. The average molecular weight is 440 g/mol. The summed E-state index contributed by atoms with van der Waals surface area (Å²) >= 11 is 1.40. The number of benzene rings is 1. The van der Waals surface area contributed by atoms with E-state index in [1.807, 2.05) is 31.2 Å². The van der Waals surface area contributed by atoms with Gasteiger partial charge in [-0.05, 0) is 67.9 Å². The fourth-order valence-corrected chi connectivity index (χ4v) is 4.74. The first-order valence-electron chi connectivity index (χ1n) is 10.7. The number of methoxy groups -OCH3 is 2. The lowest BCUT2D eigenvalue weighted by molar-refractivity contribution is -0.120. The first-order chi connectivity index (χ1) is 15.1. The molecule has 0 bridgehead atoms. The maximum Gasteiger partial charge on any atom is 0.233 e. The standard InChI is InChI=1S/C24H29N3O3S/c1-4-22(31-24-18(15-25)14-17-7-5-6-8-19(17)27-24)23(28)26-12-11-16-9-10-20(29-2)21(13-16)30-3/h9-10,13-14,22H,4-8,11-12H2,1-3H3,(H,26,28). The van der Waals surface area contributed by atoms with Crippen LogP contribution in [0.25, 0.3) is 0 Å². The van der Waals surface area contributed by atoms with Crippen LogP contribution in [0.1, 0.15) is 48.6 Å². The topological polar surface area (TPSA) is 84.2 Å². The maximum absolute atomic E-state index is 12.8. The van der Waals surface area contributed by atoms with E-state index in [2.05, 4.69) is 11.4 Å². The smallest absolute Gasteiger partial charge is 0.233 e. The van der Waals surface area contributed by atoms with E-state index in [0.717, 1.165) is 36.9 Å². The van der Waals surface area contributed by atoms with Gasteiger partial charge in [-0.3, -0.25) is 4.79 Å². The van der Waals surface area contributed by atoms with E-state index in [0.29, 0.717) is 41.5 Å². The third-order valence-electron chi connectivity index (χ3n) is 5.46. The molecule has 1 unspecified atom stereocenters. The van der Waals surface area contributed by atoms with E-state index in [-0.39, 0.29) is 11.2 Å². The highest BCUT2D eigenvalue weighted by molar-refractivity contribution is 8.00. The number of fused-ring (bicyclic) bond motifs is 1. The van der Waals surface area contributed by atoms with E-state index in [4.69, 9.17) is 14.5 Å². The summed E-state index contributed by atoms with van der Waals surface area (Å²) in [5.74, 6) is 1.33. The highest BCUT2D eigenvalue weighted by Gasteiger charge is 2.22. The van der Waals surface area contributed by atoms with Crippen LogP contribution in [-0.4, -0.2) is 36.9 Å². The Morgan fingerprint density at radius 2 is 2.00 bits per heavy atom. The molecular weight excluding hydrogens is 410 g/mol. The Kier molecular flexibility index (Phi) is 8.19. The van der Waals surface area contributed by atoms with Crippen molar-refractivity contribution in [3.05, 3.63) is 46.6 Å². The molecule has 1 atom stereocenters. The number of amides is 1. The van der Waals surface area contributed by atoms with Gasteiger partial charge in [-0.25, -0.2) is 4.98 Å². The predicted molar refractivity (Wildman–Crippen MR) is 122 cm³/mol. The number of nitrogens with zero attached hydrogens (tertiary/aromatic N) is 2. The van der Waals surface area contributed by atoms with Crippen molar-refractivity contribution in [3.63, 3.8) is 0 Å². The summed E-state index contributed by atoms with van der Waals surface area (Å²) in [5.41, 5.74) is 3.89. The number of aryl methyl sites for hydroxylation is 2. The largest absolute Gasteiger partial charge is 0.493 e. The number of carbonyl (C=O) groups excluding carboxylic acids is 1. The molecule has 6 nitrogen and oxygen atoms in total. The molecule has 0 spiro atoms. The molecule has 1 aromatic carbocycles. The lowest BCUT2D eigenvalue weighted by atomic mass is 9.95. The minimum Gasteiger partial charge on any atom is -0.493 e. The molecule has 0 fully saturated rings. The van der Waals surface area contributed by atoms with Gasteiger partial charge < -0.3 is 14.8 Å². The van der Waals surface area contributed by atoms with Gasteiger partial charge in [0.1, 0.15) is 11.1 Å². The summed E-state index contributed by atoms with van der Waals surface area (Å²) in [5, 5.41) is 13.0. The molecule has 1 amide bonds. The molecule has 0 saturated heterocycles. The number of nitrogens with one attached hydrogen (secondary N) is 1. The van der Waals surface area contributed by atoms with Crippen LogP contribution < -0.4 is 14.8 Å². The van der Waals surface area contributed by atoms with Crippen molar-refractivity contribution in [1.82, 2.24) is 10.3 Å². The summed E-state index contributed by atoms with van der Waals surface area (Å²) in [6.45, 7) is 2.50. The molecule has 1 aliphatic carbocycles. The van der Waals surface area contributed by atoms with Crippen molar-refractivity contribution >= 4 is 17.7 Å². The third-order valence-corrected chi connectivity index (χ3v) is 6.83. The van der Waals surface area contributed by atoms with E-state index in [1.165, 1.54) is 17.3 Å². The van der Waals surface area contributed by atoms with Crippen molar-refractivity contribution in [2.24, 2.45) is 0 Å². The zero-order valence-electron chi connectivity index (χ0n) is 18.4. The summed E-state index contributed by atoms with van der Waals surface area (Å²) in [7, 11) is 3.21. The molecule has 2 aromatic rings. The van der Waals surface area contributed by atoms with E-state index in [9.17, 15) is 10.1 Å². The molecule has 0 radical (unpaired) electrons. The average Bonchev–Trinajstić information content (AvgIpc) is 2.81. The van der Waals surface area contributed by atoms with Crippen molar-refractivity contribution in [2.45, 2.75) is 55.7 Å². The van der Waals surface area contributed by atoms with E-state index >= 15 is 0 Å². The first-order valence-corrected chi connectivity index (χ1v) is 11.6. The van der Waals surface area contributed by atoms with Crippen molar-refractivity contribution < 1.29 is 14.3 Å². The summed E-state index contributed by atoms with van der Waals surface area (Å²) in [6.07, 6.45) is 5.55. The minimum absolute atomic E-state index is 0.0311. The first kappa shape index (κ1) is 23.0. The number of hydrogen-bond donors (Lipinski definition) is 1. The summed E-state index contributed by atoms with van der Waals surface area (Å²) in [6, 6.07) is 9.98. The van der Waals surface area contributed by atoms with Gasteiger partial charge in [0.05, 0.1) is 25.0 Å². The number of carbonyl (C=O) groups is 1. The molecule has 0 saturated carbocycles. The Bertz CT molecular complexity index is 971. The number of hydrogen-bond acceptors (Lipinski definition) is 6. The summed E-state index contributed by atoms with van der Waals surface area (Å²) in [4.78, 5) is 17.5. The molecule has 164 valence electrons. The molecule has 1 aliphatic rings. The van der Waals surface area contributed by atoms with Crippen molar-refractivity contribution in [3.8, 4) is 17.6 Å². The number of ether oxygens (including phenoxy) is 2. The Morgan fingerprint density at radius 1 is 1.23 bits per heavy atom. The van der Waals surface area contributed by atoms with E-state index in [1.54, 1.807) is 14.2 Å². The Labute approximate surface area is 188 Å². The van der Waals surface area contributed by atoms with E-state index < -0.39 is 0 Å². The molecule has 1 N–H and O–H groups in total. The van der Waals surface area contributed by atoms with Crippen molar-refractivity contribution in [2.75, 3.05) is 20.8 Å². The van der Waals surface area contributed by atoms with Crippen LogP contribution >= 0.6 is 11.8 Å². The Balaban J connectivity index is 1.61. The SMILES string of the molecule is CCC(Sc1nc2c(cc1C#N)CCCC2)C(=O)NCCc1ccc(OC)c(OC)c1. The second kappa shape index (κ2) is 11.1. The third kappa shape index (κ3) is 5.71. The fraction of sp³-hybridized carbons (Fsp3) is 0.458. The van der Waals surface area contributed by atoms with Crippen LogP contribution in [0.15, 0.2) is 29.3 Å². The van der Waals surface area contributed by atoms with Crippen LogP contribution in [0, 0.1) is 11.3 Å². The van der Waals surface area contributed by atoms with Crippen LogP contribution in [0.4, 0.5) is 0 Å². The quantitative estimate of drug-likeness (QED) is 0.593.